The number of ether oxygens (including phenoxy) is 1. The van der Waals surface area contributed by atoms with Gasteiger partial charge in [0.25, 0.3) is 0 Å². The number of hydrogen-bond donors (Lipinski definition) is 1. The quantitative estimate of drug-likeness (QED) is 0.781. The largest absolute Gasteiger partial charge is 0.494 e. The highest BCUT2D eigenvalue weighted by Gasteiger charge is 2.39. The highest BCUT2D eigenvalue weighted by molar-refractivity contribution is 5.35. The Labute approximate surface area is 80.9 Å². The van der Waals surface area contributed by atoms with Gasteiger partial charge >= 0.3 is 0 Å². The number of benzene rings is 1. The topological polar surface area (TPSA) is 21.3 Å². The lowest BCUT2D eigenvalue weighted by Gasteiger charge is -2.35. The molecule has 0 amide bonds. The predicted molar refractivity (Wildman–Crippen MR) is 48.6 cm³/mol. The van der Waals surface area contributed by atoms with Gasteiger partial charge in [0.2, 0.25) is 0 Å². The number of alkyl halides is 1. The number of methoxy groups -OCH3 is 1. The molecule has 1 fully saturated rings. The molecule has 0 aliphatic carbocycles. The van der Waals surface area contributed by atoms with E-state index in [0.717, 1.165) is 0 Å². The fraction of sp³-hybridized carbons (Fsp3) is 0.400. The van der Waals surface area contributed by atoms with E-state index in [1.165, 1.54) is 25.3 Å². The molecule has 1 heterocycles. The number of hydrogen-bond acceptors (Lipinski definition) is 2. The summed E-state index contributed by atoms with van der Waals surface area (Å²) in [5.41, 5.74) is -0.893. The van der Waals surface area contributed by atoms with Gasteiger partial charge in [-0.15, -0.1) is 0 Å². The van der Waals surface area contributed by atoms with Crippen LogP contribution in [0.25, 0.3) is 0 Å². The zero-order chi connectivity index (χ0) is 10.2. The van der Waals surface area contributed by atoms with Gasteiger partial charge in [-0.05, 0) is 17.7 Å². The maximum atomic E-state index is 13.8. The van der Waals surface area contributed by atoms with Crippen LogP contribution >= 0.6 is 0 Å². The van der Waals surface area contributed by atoms with Gasteiger partial charge in [-0.25, -0.2) is 8.78 Å². The summed E-state index contributed by atoms with van der Waals surface area (Å²) in [6.07, 6.45) is 0. The Morgan fingerprint density at radius 1 is 1.43 bits per heavy atom. The normalized spacial score (nSPS) is 18.8. The fourth-order valence-corrected chi connectivity index (χ4v) is 1.49. The predicted octanol–water partition coefficient (Wildman–Crippen LogP) is 1.60. The highest BCUT2D eigenvalue weighted by Crippen LogP contribution is 2.32. The molecule has 2 rings (SSSR count). The van der Waals surface area contributed by atoms with Crippen molar-refractivity contribution in [3.05, 3.63) is 29.6 Å². The van der Waals surface area contributed by atoms with Crippen LogP contribution in [-0.4, -0.2) is 20.2 Å². The maximum Gasteiger partial charge on any atom is 0.165 e. The summed E-state index contributed by atoms with van der Waals surface area (Å²) in [6.45, 7) is 0.559. The van der Waals surface area contributed by atoms with E-state index in [1.807, 2.05) is 0 Å². The summed E-state index contributed by atoms with van der Waals surface area (Å²) in [6, 6.07) is 4.10. The van der Waals surface area contributed by atoms with E-state index >= 15 is 0 Å². The lowest BCUT2D eigenvalue weighted by atomic mass is 9.90. The van der Waals surface area contributed by atoms with Crippen LogP contribution in [0.3, 0.4) is 0 Å². The average molecular weight is 199 g/mol. The molecule has 0 atom stereocenters. The molecule has 1 saturated heterocycles. The third-order valence-electron chi connectivity index (χ3n) is 2.48. The van der Waals surface area contributed by atoms with Gasteiger partial charge in [0.1, 0.15) is 0 Å². The summed E-state index contributed by atoms with van der Waals surface area (Å²) < 4.78 is 31.7. The van der Waals surface area contributed by atoms with Gasteiger partial charge in [0, 0.05) is 13.1 Å². The second-order valence-corrected chi connectivity index (χ2v) is 3.42. The van der Waals surface area contributed by atoms with Crippen LogP contribution in [0.4, 0.5) is 8.78 Å². The van der Waals surface area contributed by atoms with Crippen LogP contribution in [0.5, 0.6) is 5.75 Å². The number of halogens is 2. The van der Waals surface area contributed by atoms with Crippen LogP contribution in [0, 0.1) is 5.82 Å². The molecule has 0 spiro atoms. The molecule has 76 valence electrons. The average Bonchev–Trinajstić information content (AvgIpc) is 2.15. The van der Waals surface area contributed by atoms with Gasteiger partial charge in [-0.3, -0.25) is 0 Å². The monoisotopic (exact) mass is 199 g/mol. The minimum Gasteiger partial charge on any atom is -0.494 e. The smallest absolute Gasteiger partial charge is 0.165 e. The Morgan fingerprint density at radius 3 is 2.64 bits per heavy atom. The Morgan fingerprint density at radius 2 is 2.14 bits per heavy atom. The third kappa shape index (κ3) is 1.35. The van der Waals surface area contributed by atoms with Crippen molar-refractivity contribution >= 4 is 0 Å². The van der Waals surface area contributed by atoms with E-state index < -0.39 is 11.5 Å². The van der Waals surface area contributed by atoms with Crippen molar-refractivity contribution in [2.24, 2.45) is 0 Å². The second-order valence-electron chi connectivity index (χ2n) is 3.42. The molecule has 0 unspecified atom stereocenters. The zero-order valence-electron chi connectivity index (χ0n) is 7.81. The lowest BCUT2D eigenvalue weighted by molar-refractivity contribution is 0.0887. The van der Waals surface area contributed by atoms with Gasteiger partial charge in [-0.1, -0.05) is 6.07 Å². The van der Waals surface area contributed by atoms with Crippen molar-refractivity contribution in [1.82, 2.24) is 5.32 Å². The Kier molecular flexibility index (Phi) is 2.15. The van der Waals surface area contributed by atoms with E-state index in [-0.39, 0.29) is 18.8 Å². The minimum atomic E-state index is -1.36. The van der Waals surface area contributed by atoms with Gasteiger partial charge in [0.05, 0.1) is 7.11 Å². The van der Waals surface area contributed by atoms with Gasteiger partial charge in [0.15, 0.2) is 17.2 Å². The van der Waals surface area contributed by atoms with Crippen LogP contribution in [0.15, 0.2) is 18.2 Å². The van der Waals surface area contributed by atoms with E-state index in [1.54, 1.807) is 0 Å². The van der Waals surface area contributed by atoms with E-state index in [0.29, 0.717) is 5.56 Å². The number of rotatable bonds is 2. The van der Waals surface area contributed by atoms with Gasteiger partial charge in [-0.2, -0.15) is 0 Å². The summed E-state index contributed by atoms with van der Waals surface area (Å²) >= 11 is 0. The highest BCUT2D eigenvalue weighted by atomic mass is 19.1. The van der Waals surface area contributed by atoms with E-state index in [2.05, 4.69) is 5.32 Å². The first-order valence-corrected chi connectivity index (χ1v) is 4.39. The molecule has 14 heavy (non-hydrogen) atoms. The van der Waals surface area contributed by atoms with Crippen LogP contribution < -0.4 is 10.1 Å². The van der Waals surface area contributed by atoms with Crippen LogP contribution in [0.1, 0.15) is 5.56 Å². The molecule has 1 aliphatic heterocycles. The maximum absolute atomic E-state index is 13.8. The van der Waals surface area contributed by atoms with Crippen LogP contribution in [-0.2, 0) is 5.67 Å². The van der Waals surface area contributed by atoms with Gasteiger partial charge < -0.3 is 10.1 Å². The summed E-state index contributed by atoms with van der Waals surface area (Å²) in [5, 5.41) is 2.84. The van der Waals surface area contributed by atoms with E-state index in [4.69, 9.17) is 4.74 Å². The molecule has 2 nitrogen and oxygen atoms in total. The summed E-state index contributed by atoms with van der Waals surface area (Å²) in [4.78, 5) is 0. The van der Waals surface area contributed by atoms with Crippen molar-refractivity contribution in [3.63, 3.8) is 0 Å². The first-order valence-electron chi connectivity index (χ1n) is 4.39. The summed E-state index contributed by atoms with van der Waals surface area (Å²) in [7, 11) is 1.37. The molecule has 4 heteroatoms. The summed E-state index contributed by atoms with van der Waals surface area (Å²) in [5.74, 6) is -0.376. The van der Waals surface area contributed by atoms with Crippen LogP contribution in [0.2, 0.25) is 0 Å². The first kappa shape index (κ1) is 9.40. The van der Waals surface area contributed by atoms with Crippen molar-refractivity contribution in [2.75, 3.05) is 20.2 Å². The van der Waals surface area contributed by atoms with Crippen molar-refractivity contribution in [2.45, 2.75) is 5.67 Å². The molecule has 1 N–H and O–H groups in total. The Balaban J connectivity index is 2.35. The third-order valence-corrected chi connectivity index (χ3v) is 2.48. The fourth-order valence-electron chi connectivity index (χ4n) is 1.49. The molecule has 0 bridgehead atoms. The molecule has 1 aromatic rings. The molecular weight excluding hydrogens is 188 g/mol. The molecule has 0 aromatic heterocycles. The molecule has 0 radical (unpaired) electrons. The standard InChI is InChI=1S/C10H11F2NO/c1-14-9-4-7(2-3-8(9)11)10(12)5-13-6-10/h2-4,13H,5-6H2,1H3. The minimum absolute atomic E-state index is 0.0893. The zero-order valence-corrected chi connectivity index (χ0v) is 7.81. The SMILES string of the molecule is COc1cc(C2(F)CNC2)ccc1F. The first-order chi connectivity index (χ1) is 6.65. The molecular formula is C10H11F2NO. The van der Waals surface area contributed by atoms with E-state index in [9.17, 15) is 8.78 Å². The van der Waals surface area contributed by atoms with Crippen molar-refractivity contribution < 1.29 is 13.5 Å². The number of nitrogens with one attached hydrogen (secondary N) is 1. The van der Waals surface area contributed by atoms with Crippen molar-refractivity contribution in [1.29, 1.82) is 0 Å². The van der Waals surface area contributed by atoms with Crippen molar-refractivity contribution in [3.8, 4) is 5.75 Å². The molecule has 1 aromatic carbocycles. The Bertz CT molecular complexity index is 350. The second kappa shape index (κ2) is 3.20. The Hall–Kier alpha value is -1.16. The molecule has 1 aliphatic rings. The lowest BCUT2D eigenvalue weighted by Crippen LogP contribution is -2.53. The molecule has 0 saturated carbocycles.